The number of rotatable bonds is 6. The maximum Gasteiger partial charge on any atom is 0.188 e. The number of aromatic nitrogens is 11. The van der Waals surface area contributed by atoms with Gasteiger partial charge < -0.3 is 10.6 Å². The first-order chi connectivity index (χ1) is 22.9. The molecule has 0 atom stereocenters. The molecule has 0 aliphatic heterocycles. The van der Waals surface area contributed by atoms with Crippen molar-refractivity contribution in [1.29, 1.82) is 0 Å². The van der Waals surface area contributed by atoms with Crippen LogP contribution in [0.25, 0.3) is 42.7 Å². The molecule has 47 heavy (non-hydrogen) atoms. The highest BCUT2D eigenvalue weighted by atomic mass is 32.1. The smallest absolute Gasteiger partial charge is 0.188 e. The molecule has 8 rings (SSSR count). The lowest BCUT2D eigenvalue weighted by atomic mass is 10.1. The first-order valence-corrected chi connectivity index (χ1v) is 16.7. The molecule has 0 aliphatic rings. The summed E-state index contributed by atoms with van der Waals surface area (Å²) in [5.41, 5.74) is 6.47. The Morgan fingerprint density at radius 3 is 1.66 bits per heavy atom. The molecule has 0 radical (unpaired) electrons. The lowest BCUT2D eigenvalue weighted by molar-refractivity contribution is 1.05. The van der Waals surface area contributed by atoms with Crippen LogP contribution in [0.2, 0.25) is 0 Å². The number of anilines is 4. The molecule has 8 aromatic heterocycles. The number of hydrogen-bond donors (Lipinski definition) is 2. The third kappa shape index (κ3) is 6.60. The van der Waals surface area contributed by atoms with Crippen molar-refractivity contribution in [3.05, 3.63) is 89.0 Å². The monoisotopic (exact) mass is 675 g/mol. The fourth-order valence-corrected chi connectivity index (χ4v) is 7.26. The fourth-order valence-electron chi connectivity index (χ4n) is 4.67. The van der Waals surface area contributed by atoms with E-state index in [0.717, 1.165) is 69.3 Å². The minimum absolute atomic E-state index is 0.674. The maximum absolute atomic E-state index is 4.63. The molecule has 0 saturated carbocycles. The average molecular weight is 676 g/mol. The van der Waals surface area contributed by atoms with E-state index in [9.17, 15) is 0 Å². The van der Waals surface area contributed by atoms with Crippen molar-refractivity contribution in [1.82, 2.24) is 54.8 Å². The maximum atomic E-state index is 4.63. The van der Waals surface area contributed by atoms with Crippen molar-refractivity contribution in [3.63, 3.8) is 0 Å². The van der Waals surface area contributed by atoms with E-state index in [1.165, 1.54) is 12.7 Å². The van der Waals surface area contributed by atoms with Gasteiger partial charge in [-0.3, -0.25) is 0 Å². The molecule has 0 amide bonds. The van der Waals surface area contributed by atoms with Gasteiger partial charge in [-0.15, -0.1) is 34.0 Å². The van der Waals surface area contributed by atoms with Gasteiger partial charge in [-0.1, -0.05) is 0 Å². The predicted molar refractivity (Wildman–Crippen MR) is 187 cm³/mol. The Labute approximate surface area is 280 Å². The minimum Gasteiger partial charge on any atom is -0.323 e. The third-order valence-electron chi connectivity index (χ3n) is 6.66. The number of aryl methyl sites for hydroxylation is 4. The zero-order valence-corrected chi connectivity index (χ0v) is 27.9. The molecule has 0 bridgehead atoms. The summed E-state index contributed by atoms with van der Waals surface area (Å²) in [6.07, 6.45) is 15.5. The quantitative estimate of drug-likeness (QED) is 0.181. The molecule has 0 saturated heterocycles. The summed E-state index contributed by atoms with van der Waals surface area (Å²) in [6, 6.07) is 1.80. The Balaban J connectivity index is 0.000000150. The number of pyridine rings is 2. The highest BCUT2D eigenvalue weighted by molar-refractivity contribution is 7.19. The Morgan fingerprint density at radius 1 is 0.596 bits per heavy atom. The molecule has 8 aromatic rings. The second kappa shape index (κ2) is 13.1. The lowest BCUT2D eigenvalue weighted by Gasteiger charge is -2.08. The van der Waals surface area contributed by atoms with Crippen LogP contribution < -0.4 is 10.6 Å². The molecule has 8 heterocycles. The van der Waals surface area contributed by atoms with Crippen molar-refractivity contribution in [3.8, 4) is 22.3 Å². The first kappa shape index (κ1) is 30.2. The Kier molecular flexibility index (Phi) is 8.43. The first-order valence-electron chi connectivity index (χ1n) is 14.2. The SMILES string of the molecule is Cc1csc(Nc2ncc(-c3cncnc3)c3sc(C)nc23)n1.Cc1nccc(Nc2ncc(-c3cncnc3)c3sc(C)nc23)n1. The number of thiazole rings is 3. The Morgan fingerprint density at radius 2 is 1.15 bits per heavy atom. The van der Waals surface area contributed by atoms with Gasteiger partial charge >= 0.3 is 0 Å². The van der Waals surface area contributed by atoms with E-state index < -0.39 is 0 Å². The van der Waals surface area contributed by atoms with E-state index in [-0.39, 0.29) is 0 Å². The Hall–Kier alpha value is -5.45. The fraction of sp³-hybridized carbons (Fsp3) is 0.129. The standard InChI is InChI=1S/C16H13N7S.C15H12N6S2/c1-9-19-4-3-13(21-9)23-16-14-15(24-10(2)22-14)12(7-20-16)11-5-17-8-18-6-11;1-8-6-22-15(19-8)21-14-12-13(23-9(2)20-12)11(5-18-14)10-3-16-7-17-4-10/h3-8H,1-2H3,(H,19,20,21,23);3-7H,1-2H3,(H,18,19,21). The highest BCUT2D eigenvalue weighted by Gasteiger charge is 2.16. The van der Waals surface area contributed by atoms with Gasteiger partial charge in [0.25, 0.3) is 0 Å². The molecular weight excluding hydrogens is 651 g/mol. The van der Waals surface area contributed by atoms with Gasteiger partial charge in [0.05, 0.1) is 25.1 Å². The van der Waals surface area contributed by atoms with Crippen molar-refractivity contribution in [2.75, 3.05) is 10.6 Å². The zero-order valence-electron chi connectivity index (χ0n) is 25.5. The van der Waals surface area contributed by atoms with Gasteiger partial charge in [0, 0.05) is 71.0 Å². The van der Waals surface area contributed by atoms with Crippen LogP contribution in [0.1, 0.15) is 21.5 Å². The summed E-state index contributed by atoms with van der Waals surface area (Å²) in [4.78, 5) is 47.6. The van der Waals surface area contributed by atoms with E-state index in [0.29, 0.717) is 17.5 Å². The van der Waals surface area contributed by atoms with Crippen molar-refractivity contribution in [2.45, 2.75) is 27.7 Å². The second-order valence-corrected chi connectivity index (χ2v) is 13.4. The minimum atomic E-state index is 0.674. The molecule has 0 aliphatic carbocycles. The summed E-state index contributed by atoms with van der Waals surface area (Å²) in [7, 11) is 0. The summed E-state index contributed by atoms with van der Waals surface area (Å²) >= 11 is 4.82. The van der Waals surface area contributed by atoms with Gasteiger partial charge in [0.1, 0.15) is 35.3 Å². The van der Waals surface area contributed by atoms with Crippen LogP contribution >= 0.6 is 34.0 Å². The van der Waals surface area contributed by atoms with Crippen LogP contribution in [0, 0.1) is 27.7 Å². The highest BCUT2D eigenvalue weighted by Crippen LogP contribution is 2.37. The van der Waals surface area contributed by atoms with Gasteiger partial charge in [-0.05, 0) is 33.8 Å². The summed E-state index contributed by atoms with van der Waals surface area (Å²) in [5.74, 6) is 2.79. The molecule has 0 spiro atoms. The van der Waals surface area contributed by atoms with E-state index in [1.807, 2.05) is 45.5 Å². The van der Waals surface area contributed by atoms with Crippen molar-refractivity contribution < 1.29 is 0 Å². The van der Waals surface area contributed by atoms with Crippen molar-refractivity contribution in [2.24, 2.45) is 0 Å². The van der Waals surface area contributed by atoms with E-state index in [1.54, 1.807) is 71.1 Å². The summed E-state index contributed by atoms with van der Waals surface area (Å²) in [6.45, 7) is 7.79. The topological polar surface area (TPSA) is 166 Å². The van der Waals surface area contributed by atoms with Gasteiger partial charge in [0.15, 0.2) is 16.8 Å². The molecule has 0 fully saturated rings. The van der Waals surface area contributed by atoms with E-state index in [2.05, 4.69) is 65.5 Å². The Bertz CT molecular complexity index is 2320. The van der Waals surface area contributed by atoms with E-state index >= 15 is 0 Å². The second-order valence-electron chi connectivity index (χ2n) is 10.1. The molecule has 0 unspecified atom stereocenters. The normalized spacial score (nSPS) is 11.0. The van der Waals surface area contributed by atoms with Crippen LogP contribution in [-0.2, 0) is 0 Å². The number of nitrogens with zero attached hydrogens (tertiary/aromatic N) is 11. The zero-order chi connectivity index (χ0) is 32.3. The van der Waals surface area contributed by atoms with Crippen LogP contribution in [-0.4, -0.2) is 54.8 Å². The van der Waals surface area contributed by atoms with Gasteiger partial charge in [-0.25, -0.2) is 54.8 Å². The van der Waals surface area contributed by atoms with E-state index in [4.69, 9.17) is 0 Å². The van der Waals surface area contributed by atoms with Gasteiger partial charge in [-0.2, -0.15) is 0 Å². The van der Waals surface area contributed by atoms with Crippen LogP contribution in [0.4, 0.5) is 22.6 Å². The summed E-state index contributed by atoms with van der Waals surface area (Å²) < 4.78 is 2.12. The molecule has 2 N–H and O–H groups in total. The molecular formula is C31H25N13S3. The molecule has 16 heteroatoms. The lowest BCUT2D eigenvalue weighted by Crippen LogP contribution is -1.99. The molecule has 13 nitrogen and oxygen atoms in total. The van der Waals surface area contributed by atoms with Crippen LogP contribution in [0.5, 0.6) is 0 Å². The number of hydrogen-bond acceptors (Lipinski definition) is 16. The average Bonchev–Trinajstić information content (AvgIpc) is 3.80. The largest absolute Gasteiger partial charge is 0.323 e. The van der Waals surface area contributed by atoms with Crippen molar-refractivity contribution >= 4 is 77.0 Å². The van der Waals surface area contributed by atoms with Gasteiger partial charge in [0.2, 0.25) is 0 Å². The number of nitrogens with one attached hydrogen (secondary N) is 2. The predicted octanol–water partition coefficient (Wildman–Crippen LogP) is 7.26. The number of fused-ring (bicyclic) bond motifs is 2. The van der Waals surface area contributed by atoms with Crippen LogP contribution in [0.15, 0.2) is 67.5 Å². The molecule has 232 valence electrons. The molecule has 0 aromatic carbocycles. The van der Waals surface area contributed by atoms with Crippen LogP contribution in [0.3, 0.4) is 0 Å². The summed E-state index contributed by atoms with van der Waals surface area (Å²) in [5, 5.41) is 11.3. The third-order valence-corrected chi connectivity index (χ3v) is 9.55.